The van der Waals surface area contributed by atoms with Crippen LogP contribution in [-0.4, -0.2) is 74.9 Å². The van der Waals surface area contributed by atoms with Gasteiger partial charge in [0.1, 0.15) is 12.1 Å². The molecule has 8 heteroatoms. The molecule has 1 fully saturated rings. The van der Waals surface area contributed by atoms with E-state index < -0.39 is 5.60 Å². The topological polar surface area (TPSA) is 75.2 Å². The van der Waals surface area contributed by atoms with Crippen LogP contribution in [0.1, 0.15) is 27.7 Å². The lowest BCUT2D eigenvalue weighted by atomic mass is 10.2. The molecule has 0 aromatic carbocycles. The molecule has 0 radical (unpaired) electrons. The SMILES string of the molecule is CCNC(=NCC(=O)OC(C)(C)C)NCCN1CCOCC1.I. The van der Waals surface area contributed by atoms with Gasteiger partial charge in [-0.25, -0.2) is 4.99 Å². The number of hydrogen-bond donors (Lipinski definition) is 2. The van der Waals surface area contributed by atoms with E-state index in [4.69, 9.17) is 9.47 Å². The predicted molar refractivity (Wildman–Crippen MR) is 103 cm³/mol. The Balaban J connectivity index is 0.00000484. The quantitative estimate of drug-likeness (QED) is 0.275. The minimum absolute atomic E-state index is 0. The number of carbonyl (C=O) groups excluding carboxylic acids is 1. The van der Waals surface area contributed by atoms with Crippen LogP contribution in [0.5, 0.6) is 0 Å². The molecular formula is C15H31IN4O3. The summed E-state index contributed by atoms with van der Waals surface area (Å²) in [5, 5.41) is 6.36. The zero-order valence-electron chi connectivity index (χ0n) is 14.7. The van der Waals surface area contributed by atoms with E-state index in [1.807, 2.05) is 27.7 Å². The molecule has 2 N–H and O–H groups in total. The number of guanidine groups is 1. The summed E-state index contributed by atoms with van der Waals surface area (Å²) in [6.45, 7) is 13.5. The van der Waals surface area contributed by atoms with Crippen LogP contribution in [0, 0.1) is 0 Å². The molecule has 7 nitrogen and oxygen atoms in total. The van der Waals surface area contributed by atoms with E-state index in [0.29, 0.717) is 5.96 Å². The molecule has 1 aliphatic heterocycles. The van der Waals surface area contributed by atoms with Crippen LogP contribution in [0.15, 0.2) is 4.99 Å². The van der Waals surface area contributed by atoms with Crippen molar-refractivity contribution in [2.24, 2.45) is 4.99 Å². The summed E-state index contributed by atoms with van der Waals surface area (Å²) >= 11 is 0. The molecule has 23 heavy (non-hydrogen) atoms. The molecule has 0 unspecified atom stereocenters. The number of nitrogens with one attached hydrogen (secondary N) is 2. The summed E-state index contributed by atoms with van der Waals surface area (Å²) in [6, 6.07) is 0. The Morgan fingerprint density at radius 2 is 1.91 bits per heavy atom. The number of carbonyl (C=O) groups is 1. The highest BCUT2D eigenvalue weighted by Gasteiger charge is 2.16. The van der Waals surface area contributed by atoms with E-state index in [9.17, 15) is 4.79 Å². The summed E-state index contributed by atoms with van der Waals surface area (Å²) in [4.78, 5) is 18.3. The maximum absolute atomic E-state index is 11.7. The van der Waals surface area contributed by atoms with Crippen LogP contribution >= 0.6 is 24.0 Å². The van der Waals surface area contributed by atoms with Gasteiger partial charge in [0.05, 0.1) is 13.2 Å². The first kappa shape index (κ1) is 22.4. The van der Waals surface area contributed by atoms with Gasteiger partial charge in [-0.05, 0) is 27.7 Å². The van der Waals surface area contributed by atoms with Gasteiger partial charge in [0.25, 0.3) is 0 Å². The Morgan fingerprint density at radius 1 is 1.26 bits per heavy atom. The summed E-state index contributed by atoms with van der Waals surface area (Å²) in [5.74, 6) is 0.319. The molecule has 1 aliphatic rings. The van der Waals surface area contributed by atoms with E-state index in [2.05, 4.69) is 20.5 Å². The molecule has 1 saturated heterocycles. The number of ether oxygens (including phenoxy) is 2. The summed E-state index contributed by atoms with van der Waals surface area (Å²) in [5.41, 5.74) is -0.477. The van der Waals surface area contributed by atoms with Crippen molar-refractivity contribution in [2.45, 2.75) is 33.3 Å². The van der Waals surface area contributed by atoms with E-state index in [-0.39, 0.29) is 36.5 Å². The number of aliphatic imine (C=N–C) groups is 1. The van der Waals surface area contributed by atoms with Gasteiger partial charge in [0.2, 0.25) is 0 Å². The maximum atomic E-state index is 11.7. The monoisotopic (exact) mass is 442 g/mol. The first-order valence-corrected chi connectivity index (χ1v) is 7.95. The first-order valence-electron chi connectivity index (χ1n) is 7.95. The van der Waals surface area contributed by atoms with Gasteiger partial charge in [-0.2, -0.15) is 0 Å². The van der Waals surface area contributed by atoms with Gasteiger partial charge < -0.3 is 20.1 Å². The minimum atomic E-state index is -0.477. The number of nitrogens with zero attached hydrogens (tertiary/aromatic N) is 2. The van der Waals surface area contributed by atoms with Crippen LogP contribution in [-0.2, 0) is 14.3 Å². The largest absolute Gasteiger partial charge is 0.459 e. The predicted octanol–water partition coefficient (Wildman–Crippen LogP) is 0.833. The van der Waals surface area contributed by atoms with Crippen molar-refractivity contribution in [1.29, 1.82) is 0 Å². The zero-order valence-corrected chi connectivity index (χ0v) is 17.0. The lowest BCUT2D eigenvalue weighted by molar-refractivity contribution is -0.152. The third kappa shape index (κ3) is 11.5. The van der Waals surface area contributed by atoms with Gasteiger partial charge in [-0.15, -0.1) is 24.0 Å². The number of morpholine rings is 1. The molecule has 0 spiro atoms. The molecule has 1 rings (SSSR count). The Morgan fingerprint density at radius 3 is 2.48 bits per heavy atom. The third-order valence-electron chi connectivity index (χ3n) is 2.95. The Kier molecular flexibility index (Phi) is 11.5. The van der Waals surface area contributed by atoms with Crippen molar-refractivity contribution in [3.05, 3.63) is 0 Å². The lowest BCUT2D eigenvalue weighted by Gasteiger charge is -2.26. The maximum Gasteiger partial charge on any atom is 0.328 e. The van der Waals surface area contributed by atoms with E-state index in [1.165, 1.54) is 0 Å². The highest BCUT2D eigenvalue weighted by Crippen LogP contribution is 2.06. The second kappa shape index (κ2) is 11.9. The zero-order chi connectivity index (χ0) is 16.4. The average Bonchev–Trinajstić information content (AvgIpc) is 2.44. The van der Waals surface area contributed by atoms with E-state index in [1.54, 1.807) is 0 Å². The fourth-order valence-corrected chi connectivity index (χ4v) is 2.02. The fourth-order valence-electron chi connectivity index (χ4n) is 2.02. The number of esters is 1. The van der Waals surface area contributed by atoms with E-state index >= 15 is 0 Å². The van der Waals surface area contributed by atoms with Crippen LogP contribution < -0.4 is 10.6 Å². The number of rotatable bonds is 6. The Hall–Kier alpha value is -0.610. The summed E-state index contributed by atoms with van der Waals surface area (Å²) in [7, 11) is 0. The van der Waals surface area contributed by atoms with Crippen LogP contribution in [0.25, 0.3) is 0 Å². The molecule has 1 heterocycles. The third-order valence-corrected chi connectivity index (χ3v) is 2.95. The number of hydrogen-bond acceptors (Lipinski definition) is 5. The van der Waals surface area contributed by atoms with Crippen LogP contribution in [0.4, 0.5) is 0 Å². The highest BCUT2D eigenvalue weighted by atomic mass is 127. The van der Waals surface area contributed by atoms with Gasteiger partial charge in [-0.1, -0.05) is 0 Å². The summed E-state index contributed by atoms with van der Waals surface area (Å²) < 4.78 is 10.6. The smallest absolute Gasteiger partial charge is 0.328 e. The second-order valence-corrected chi connectivity index (χ2v) is 6.16. The van der Waals surface area contributed by atoms with Crippen LogP contribution in [0.3, 0.4) is 0 Å². The van der Waals surface area contributed by atoms with Crippen molar-refractivity contribution < 1.29 is 14.3 Å². The summed E-state index contributed by atoms with van der Waals surface area (Å²) in [6.07, 6.45) is 0. The molecule has 0 aliphatic carbocycles. The Labute approximate surface area is 156 Å². The number of halogens is 1. The lowest BCUT2D eigenvalue weighted by Crippen LogP contribution is -2.44. The molecule has 0 aromatic heterocycles. The van der Waals surface area contributed by atoms with Crippen molar-refractivity contribution in [1.82, 2.24) is 15.5 Å². The van der Waals surface area contributed by atoms with Gasteiger partial charge in [0, 0.05) is 32.7 Å². The fraction of sp³-hybridized carbons (Fsp3) is 0.867. The molecule has 0 bridgehead atoms. The van der Waals surface area contributed by atoms with Gasteiger partial charge in [0.15, 0.2) is 5.96 Å². The second-order valence-electron chi connectivity index (χ2n) is 6.16. The van der Waals surface area contributed by atoms with Crippen molar-refractivity contribution >= 4 is 35.9 Å². The van der Waals surface area contributed by atoms with Gasteiger partial charge >= 0.3 is 5.97 Å². The van der Waals surface area contributed by atoms with Crippen molar-refractivity contribution in [3.8, 4) is 0 Å². The molecular weight excluding hydrogens is 411 g/mol. The minimum Gasteiger partial charge on any atom is -0.459 e. The first-order chi connectivity index (χ1) is 10.4. The van der Waals surface area contributed by atoms with Crippen LogP contribution in [0.2, 0.25) is 0 Å². The molecule has 136 valence electrons. The van der Waals surface area contributed by atoms with E-state index in [0.717, 1.165) is 45.9 Å². The highest BCUT2D eigenvalue weighted by molar-refractivity contribution is 14.0. The molecule has 0 saturated carbocycles. The average molecular weight is 442 g/mol. The normalized spacial score (nSPS) is 16.4. The molecule has 0 atom stereocenters. The molecule has 0 aromatic rings. The standard InChI is InChI=1S/C15H30N4O3.HI/c1-5-16-14(18-12-13(20)22-15(2,3)4)17-6-7-19-8-10-21-11-9-19;/h5-12H2,1-4H3,(H2,16,17,18);1H. The van der Waals surface area contributed by atoms with Crippen molar-refractivity contribution in [3.63, 3.8) is 0 Å². The van der Waals surface area contributed by atoms with Crippen molar-refractivity contribution in [2.75, 3.05) is 52.5 Å². The Bertz CT molecular complexity index is 366. The molecule has 0 amide bonds. The van der Waals surface area contributed by atoms with Gasteiger partial charge in [-0.3, -0.25) is 9.69 Å².